The van der Waals surface area contributed by atoms with Crippen molar-refractivity contribution in [1.82, 2.24) is 5.32 Å². The van der Waals surface area contributed by atoms with Crippen molar-refractivity contribution in [3.8, 4) is 0 Å². The van der Waals surface area contributed by atoms with E-state index in [0.29, 0.717) is 13.0 Å². The Hall–Kier alpha value is -0.120. The molecule has 0 radical (unpaired) electrons. The predicted molar refractivity (Wildman–Crippen MR) is 45.3 cm³/mol. The van der Waals surface area contributed by atoms with Gasteiger partial charge in [-0.15, -0.1) is 0 Å². The minimum atomic E-state index is -0.606. The number of aliphatic hydroxyl groups is 1. The Morgan fingerprint density at radius 1 is 1.73 bits per heavy atom. The lowest BCUT2D eigenvalue weighted by atomic mass is 9.92. The van der Waals surface area contributed by atoms with Crippen LogP contribution in [0.25, 0.3) is 0 Å². The summed E-state index contributed by atoms with van der Waals surface area (Å²) in [7, 11) is 0. The topological polar surface area (TPSA) is 58.3 Å². The minimum absolute atomic E-state index is 0.256. The van der Waals surface area contributed by atoms with Gasteiger partial charge >= 0.3 is 0 Å². The molecule has 3 heteroatoms. The average Bonchev–Trinajstić information content (AvgIpc) is 2.37. The largest absolute Gasteiger partial charge is 0.389 e. The molecule has 0 aromatic carbocycles. The van der Waals surface area contributed by atoms with Crippen molar-refractivity contribution in [3.05, 3.63) is 0 Å². The summed E-state index contributed by atoms with van der Waals surface area (Å²) in [6.07, 6.45) is 2.93. The Balaban J connectivity index is 2.41. The maximum Gasteiger partial charge on any atom is 0.0784 e. The second-order valence-electron chi connectivity index (χ2n) is 3.54. The minimum Gasteiger partial charge on any atom is -0.389 e. The molecule has 66 valence electrons. The highest BCUT2D eigenvalue weighted by Gasteiger charge is 2.32. The SMILES string of the molecule is CC(O)(CCN)C1CCCN1. The van der Waals surface area contributed by atoms with Gasteiger partial charge in [-0.2, -0.15) is 0 Å². The van der Waals surface area contributed by atoms with Crippen molar-refractivity contribution < 1.29 is 5.11 Å². The van der Waals surface area contributed by atoms with Gasteiger partial charge in [0.25, 0.3) is 0 Å². The highest BCUT2D eigenvalue weighted by molar-refractivity contribution is 4.91. The lowest BCUT2D eigenvalue weighted by Gasteiger charge is -2.29. The van der Waals surface area contributed by atoms with Crippen molar-refractivity contribution in [2.45, 2.75) is 37.8 Å². The Labute approximate surface area is 68.0 Å². The molecule has 2 atom stereocenters. The van der Waals surface area contributed by atoms with Gasteiger partial charge in [0.1, 0.15) is 0 Å². The van der Waals surface area contributed by atoms with Crippen molar-refractivity contribution >= 4 is 0 Å². The Kier molecular flexibility index (Phi) is 2.87. The van der Waals surface area contributed by atoms with E-state index in [2.05, 4.69) is 5.32 Å². The molecule has 0 aliphatic carbocycles. The molecular formula is C8H18N2O. The van der Waals surface area contributed by atoms with E-state index in [1.54, 1.807) is 0 Å². The zero-order valence-corrected chi connectivity index (χ0v) is 7.14. The normalized spacial score (nSPS) is 30.3. The van der Waals surface area contributed by atoms with Crippen LogP contribution in [-0.2, 0) is 0 Å². The third kappa shape index (κ3) is 2.15. The van der Waals surface area contributed by atoms with Gasteiger partial charge < -0.3 is 16.2 Å². The van der Waals surface area contributed by atoms with E-state index in [4.69, 9.17) is 5.73 Å². The van der Waals surface area contributed by atoms with E-state index in [1.807, 2.05) is 6.92 Å². The molecule has 3 nitrogen and oxygen atoms in total. The molecule has 1 fully saturated rings. The van der Waals surface area contributed by atoms with E-state index in [-0.39, 0.29) is 6.04 Å². The predicted octanol–water partition coefficient (Wildman–Crippen LogP) is -0.162. The molecule has 2 unspecified atom stereocenters. The standard InChI is InChI=1S/C8H18N2O/c1-8(11,4-5-9)7-3-2-6-10-7/h7,10-11H,2-6,9H2,1H3. The van der Waals surface area contributed by atoms with Crippen LogP contribution in [0.5, 0.6) is 0 Å². The number of hydrogen-bond donors (Lipinski definition) is 3. The number of rotatable bonds is 3. The van der Waals surface area contributed by atoms with Gasteiger partial charge in [0.05, 0.1) is 5.60 Å². The van der Waals surface area contributed by atoms with Crippen LogP contribution in [0.4, 0.5) is 0 Å². The fraction of sp³-hybridized carbons (Fsp3) is 1.00. The zero-order valence-electron chi connectivity index (χ0n) is 7.14. The highest BCUT2D eigenvalue weighted by atomic mass is 16.3. The number of hydrogen-bond acceptors (Lipinski definition) is 3. The van der Waals surface area contributed by atoms with Gasteiger partial charge in [0.2, 0.25) is 0 Å². The Morgan fingerprint density at radius 2 is 2.45 bits per heavy atom. The molecule has 0 bridgehead atoms. The lowest BCUT2D eigenvalue weighted by Crippen LogP contribution is -2.46. The lowest BCUT2D eigenvalue weighted by molar-refractivity contribution is 0.0200. The van der Waals surface area contributed by atoms with Crippen molar-refractivity contribution in [2.24, 2.45) is 5.73 Å². The summed E-state index contributed by atoms with van der Waals surface area (Å²) in [4.78, 5) is 0. The van der Waals surface area contributed by atoms with Crippen LogP contribution in [0.3, 0.4) is 0 Å². The second kappa shape index (κ2) is 3.52. The second-order valence-corrected chi connectivity index (χ2v) is 3.54. The van der Waals surface area contributed by atoms with Crippen LogP contribution in [-0.4, -0.2) is 29.8 Å². The van der Waals surface area contributed by atoms with E-state index in [1.165, 1.54) is 6.42 Å². The summed E-state index contributed by atoms with van der Waals surface area (Å²) < 4.78 is 0. The monoisotopic (exact) mass is 158 g/mol. The van der Waals surface area contributed by atoms with Gasteiger partial charge in [-0.3, -0.25) is 0 Å². The third-order valence-electron chi connectivity index (χ3n) is 2.46. The first-order valence-electron chi connectivity index (χ1n) is 4.32. The number of nitrogens with one attached hydrogen (secondary N) is 1. The molecule has 0 aromatic rings. The summed E-state index contributed by atoms with van der Waals surface area (Å²) in [5.74, 6) is 0. The molecule has 0 aromatic heterocycles. The van der Waals surface area contributed by atoms with Crippen LogP contribution in [0, 0.1) is 0 Å². The Morgan fingerprint density at radius 3 is 2.91 bits per heavy atom. The molecule has 11 heavy (non-hydrogen) atoms. The van der Waals surface area contributed by atoms with E-state index >= 15 is 0 Å². The molecule has 1 rings (SSSR count). The van der Waals surface area contributed by atoms with Gasteiger partial charge in [0.15, 0.2) is 0 Å². The van der Waals surface area contributed by atoms with E-state index in [9.17, 15) is 5.11 Å². The summed E-state index contributed by atoms with van der Waals surface area (Å²) in [5.41, 5.74) is 4.79. The van der Waals surface area contributed by atoms with Crippen molar-refractivity contribution in [3.63, 3.8) is 0 Å². The van der Waals surface area contributed by atoms with Gasteiger partial charge in [-0.25, -0.2) is 0 Å². The molecule has 0 saturated carbocycles. The van der Waals surface area contributed by atoms with Crippen molar-refractivity contribution in [1.29, 1.82) is 0 Å². The van der Waals surface area contributed by atoms with Crippen LogP contribution in [0.2, 0.25) is 0 Å². The van der Waals surface area contributed by atoms with Crippen LogP contribution in [0.1, 0.15) is 26.2 Å². The molecule has 0 spiro atoms. The van der Waals surface area contributed by atoms with E-state index < -0.39 is 5.60 Å². The van der Waals surface area contributed by atoms with E-state index in [0.717, 1.165) is 13.0 Å². The summed E-state index contributed by atoms with van der Waals surface area (Å²) in [5, 5.41) is 13.1. The van der Waals surface area contributed by atoms with Crippen LogP contribution >= 0.6 is 0 Å². The van der Waals surface area contributed by atoms with Crippen LogP contribution < -0.4 is 11.1 Å². The average molecular weight is 158 g/mol. The Bertz CT molecular complexity index is 119. The molecule has 4 N–H and O–H groups in total. The molecule has 1 aliphatic rings. The molecule has 1 saturated heterocycles. The quantitative estimate of drug-likeness (QED) is 0.535. The van der Waals surface area contributed by atoms with Crippen LogP contribution in [0.15, 0.2) is 0 Å². The van der Waals surface area contributed by atoms with Gasteiger partial charge in [-0.1, -0.05) is 0 Å². The third-order valence-corrected chi connectivity index (χ3v) is 2.46. The molecule has 1 heterocycles. The first-order valence-corrected chi connectivity index (χ1v) is 4.32. The molecule has 1 aliphatic heterocycles. The first kappa shape index (κ1) is 8.97. The first-order chi connectivity index (χ1) is 5.17. The molecule has 0 amide bonds. The fourth-order valence-corrected chi connectivity index (χ4v) is 1.68. The zero-order chi connectivity index (χ0) is 8.32. The van der Waals surface area contributed by atoms with Gasteiger partial charge in [-0.05, 0) is 39.3 Å². The highest BCUT2D eigenvalue weighted by Crippen LogP contribution is 2.21. The van der Waals surface area contributed by atoms with Gasteiger partial charge in [0, 0.05) is 6.04 Å². The number of nitrogens with two attached hydrogens (primary N) is 1. The molecular weight excluding hydrogens is 140 g/mol. The fourth-order valence-electron chi connectivity index (χ4n) is 1.68. The summed E-state index contributed by atoms with van der Waals surface area (Å²) >= 11 is 0. The maximum absolute atomic E-state index is 9.87. The smallest absolute Gasteiger partial charge is 0.0784 e. The summed E-state index contributed by atoms with van der Waals surface area (Å²) in [6.45, 7) is 3.46. The summed E-state index contributed by atoms with van der Waals surface area (Å²) in [6, 6.07) is 0.256. The van der Waals surface area contributed by atoms with Crippen molar-refractivity contribution in [2.75, 3.05) is 13.1 Å². The maximum atomic E-state index is 9.87.